The number of halogens is 3. The fourth-order valence-electron chi connectivity index (χ4n) is 2.93. The lowest BCUT2D eigenvalue weighted by atomic mass is 9.89. The summed E-state index contributed by atoms with van der Waals surface area (Å²) in [6.45, 7) is 2.73. The summed E-state index contributed by atoms with van der Waals surface area (Å²) in [7, 11) is 1.45. The first-order chi connectivity index (χ1) is 10.9. The Hall–Kier alpha value is -1.56. The summed E-state index contributed by atoms with van der Waals surface area (Å²) in [4.78, 5) is 13.8. The molecule has 0 spiro atoms. The molecule has 0 N–H and O–H groups in total. The Morgan fingerprint density at radius 1 is 1.13 bits per heavy atom. The third-order valence-electron chi connectivity index (χ3n) is 4.24. The van der Waals surface area contributed by atoms with E-state index in [0.717, 1.165) is 37.8 Å². The van der Waals surface area contributed by atoms with Crippen molar-refractivity contribution in [3.8, 4) is 0 Å². The zero-order valence-electron chi connectivity index (χ0n) is 13.4. The highest BCUT2D eigenvalue weighted by atomic mass is 19.4. The second-order valence-electron chi connectivity index (χ2n) is 5.81. The number of likely N-dealkylation sites (tertiary alicyclic amines) is 1. The molecule has 23 heavy (non-hydrogen) atoms. The molecule has 3 nitrogen and oxygen atoms in total. The van der Waals surface area contributed by atoms with Gasteiger partial charge in [0.25, 0.3) is 5.91 Å². The van der Waals surface area contributed by atoms with E-state index in [0.29, 0.717) is 12.1 Å². The first-order valence-electron chi connectivity index (χ1n) is 7.90. The number of ether oxygens (including phenoxy) is 1. The number of benzene rings is 1. The molecule has 0 unspecified atom stereocenters. The van der Waals surface area contributed by atoms with E-state index in [4.69, 9.17) is 4.74 Å². The minimum absolute atomic E-state index is 0.0890. The number of hydrogen-bond acceptors (Lipinski definition) is 2. The molecule has 0 aromatic heterocycles. The van der Waals surface area contributed by atoms with Crippen LogP contribution in [0.3, 0.4) is 0 Å². The fraction of sp³-hybridized carbons (Fsp3) is 0.588. The molecular formula is C17H22F3NO2. The predicted molar refractivity (Wildman–Crippen MR) is 80.8 cm³/mol. The largest absolute Gasteiger partial charge is 0.416 e. The predicted octanol–water partition coefficient (Wildman–Crippen LogP) is 4.18. The van der Waals surface area contributed by atoms with Crippen molar-refractivity contribution in [3.63, 3.8) is 0 Å². The number of unbranched alkanes of at least 4 members (excludes halogenated alkanes) is 3. The van der Waals surface area contributed by atoms with Crippen molar-refractivity contribution < 1.29 is 22.7 Å². The summed E-state index contributed by atoms with van der Waals surface area (Å²) in [6, 6.07) is 4.69. The van der Waals surface area contributed by atoms with E-state index in [1.807, 2.05) is 0 Å². The molecule has 128 valence electrons. The Morgan fingerprint density at radius 2 is 1.78 bits per heavy atom. The highest BCUT2D eigenvalue weighted by Gasteiger charge is 2.48. The molecule has 0 bridgehead atoms. The Bertz CT molecular complexity index is 528. The standard InChI is InChI=1S/C17H22F3NO2/c1-3-4-5-6-11-21-14(15(23-2)16(21)22)12-7-9-13(10-8-12)17(18,19)20/h7-10,14-15H,3-6,11H2,1-2H3/t14-,15+/m0/s1. The summed E-state index contributed by atoms with van der Waals surface area (Å²) >= 11 is 0. The summed E-state index contributed by atoms with van der Waals surface area (Å²) in [5.74, 6) is -0.0890. The number of rotatable bonds is 7. The SMILES string of the molecule is CCCCCCN1C(=O)[C@H](OC)[C@@H]1c1ccc(C(F)(F)F)cc1. The Kier molecular flexibility index (Phi) is 5.68. The summed E-state index contributed by atoms with van der Waals surface area (Å²) in [6.07, 6.45) is -0.797. The van der Waals surface area contributed by atoms with Crippen LogP contribution in [0.4, 0.5) is 13.2 Å². The molecule has 1 heterocycles. The zero-order chi connectivity index (χ0) is 17.0. The Balaban J connectivity index is 2.09. The minimum atomic E-state index is -4.35. The van der Waals surface area contributed by atoms with Crippen LogP contribution < -0.4 is 0 Å². The van der Waals surface area contributed by atoms with Gasteiger partial charge in [-0.15, -0.1) is 0 Å². The molecule has 1 amide bonds. The van der Waals surface area contributed by atoms with Gasteiger partial charge in [0, 0.05) is 13.7 Å². The third kappa shape index (κ3) is 3.86. The fourth-order valence-corrected chi connectivity index (χ4v) is 2.93. The maximum atomic E-state index is 12.6. The number of alkyl halides is 3. The number of carbonyl (C=O) groups excluding carboxylic acids is 1. The number of methoxy groups -OCH3 is 1. The summed E-state index contributed by atoms with van der Waals surface area (Å²) < 4.78 is 43.2. The highest BCUT2D eigenvalue weighted by Crippen LogP contribution is 2.38. The lowest BCUT2D eigenvalue weighted by molar-refractivity contribution is -0.171. The van der Waals surface area contributed by atoms with E-state index in [1.165, 1.54) is 19.2 Å². The van der Waals surface area contributed by atoms with E-state index < -0.39 is 17.8 Å². The van der Waals surface area contributed by atoms with Gasteiger partial charge in [0.1, 0.15) is 0 Å². The molecule has 1 aromatic rings. The van der Waals surface area contributed by atoms with E-state index in [-0.39, 0.29) is 11.9 Å². The average molecular weight is 329 g/mol. The van der Waals surface area contributed by atoms with Crippen molar-refractivity contribution in [3.05, 3.63) is 35.4 Å². The molecule has 0 saturated carbocycles. The zero-order valence-corrected chi connectivity index (χ0v) is 13.4. The van der Waals surface area contributed by atoms with Crippen LogP contribution in [0.25, 0.3) is 0 Å². The lowest BCUT2D eigenvalue weighted by Crippen LogP contribution is -2.59. The Labute approximate surface area is 134 Å². The van der Waals surface area contributed by atoms with Crippen LogP contribution in [0.5, 0.6) is 0 Å². The van der Waals surface area contributed by atoms with Crippen LogP contribution in [0.15, 0.2) is 24.3 Å². The van der Waals surface area contributed by atoms with Gasteiger partial charge in [0.2, 0.25) is 0 Å². The maximum absolute atomic E-state index is 12.6. The van der Waals surface area contributed by atoms with Gasteiger partial charge in [-0.25, -0.2) is 0 Å². The first kappa shape index (κ1) is 17.8. The van der Waals surface area contributed by atoms with Crippen LogP contribution in [0.2, 0.25) is 0 Å². The van der Waals surface area contributed by atoms with Gasteiger partial charge in [-0.05, 0) is 24.1 Å². The number of carbonyl (C=O) groups is 1. The smallest absolute Gasteiger partial charge is 0.369 e. The molecule has 2 rings (SSSR count). The number of nitrogens with zero attached hydrogens (tertiary/aromatic N) is 1. The van der Waals surface area contributed by atoms with Gasteiger partial charge in [0.15, 0.2) is 6.10 Å². The maximum Gasteiger partial charge on any atom is 0.416 e. The minimum Gasteiger partial charge on any atom is -0.369 e. The molecule has 1 aliphatic heterocycles. The van der Waals surface area contributed by atoms with Gasteiger partial charge < -0.3 is 9.64 Å². The van der Waals surface area contributed by atoms with E-state index in [2.05, 4.69) is 6.92 Å². The van der Waals surface area contributed by atoms with Crippen LogP contribution >= 0.6 is 0 Å². The van der Waals surface area contributed by atoms with Gasteiger partial charge in [0.05, 0.1) is 11.6 Å². The van der Waals surface area contributed by atoms with Crippen molar-refractivity contribution in [2.24, 2.45) is 0 Å². The van der Waals surface area contributed by atoms with Gasteiger partial charge >= 0.3 is 6.18 Å². The van der Waals surface area contributed by atoms with Gasteiger partial charge in [-0.1, -0.05) is 38.3 Å². The quantitative estimate of drug-likeness (QED) is 0.555. The number of amides is 1. The second kappa shape index (κ2) is 7.34. The molecule has 0 radical (unpaired) electrons. The van der Waals surface area contributed by atoms with E-state index in [1.54, 1.807) is 4.90 Å². The van der Waals surface area contributed by atoms with Crippen molar-refractivity contribution in [1.29, 1.82) is 0 Å². The molecule has 2 atom stereocenters. The molecule has 1 aliphatic rings. The first-order valence-corrected chi connectivity index (χ1v) is 7.90. The second-order valence-corrected chi connectivity index (χ2v) is 5.81. The van der Waals surface area contributed by atoms with E-state index in [9.17, 15) is 18.0 Å². The molecule has 1 fully saturated rings. The molecule has 1 saturated heterocycles. The molecule has 0 aliphatic carbocycles. The molecular weight excluding hydrogens is 307 g/mol. The lowest BCUT2D eigenvalue weighted by Gasteiger charge is -2.46. The topological polar surface area (TPSA) is 29.5 Å². The third-order valence-corrected chi connectivity index (χ3v) is 4.24. The van der Waals surface area contributed by atoms with Crippen molar-refractivity contribution in [2.45, 2.75) is 50.9 Å². The van der Waals surface area contributed by atoms with Crippen molar-refractivity contribution in [1.82, 2.24) is 4.90 Å². The van der Waals surface area contributed by atoms with Crippen LogP contribution in [-0.4, -0.2) is 30.6 Å². The monoisotopic (exact) mass is 329 g/mol. The van der Waals surface area contributed by atoms with Crippen LogP contribution in [0.1, 0.15) is 49.8 Å². The van der Waals surface area contributed by atoms with Gasteiger partial charge in [-0.2, -0.15) is 13.2 Å². The van der Waals surface area contributed by atoms with Crippen LogP contribution in [-0.2, 0) is 15.7 Å². The number of β-lactam (4-membered cyclic amide) rings is 1. The Morgan fingerprint density at radius 3 is 2.30 bits per heavy atom. The van der Waals surface area contributed by atoms with Crippen LogP contribution in [0, 0.1) is 0 Å². The summed E-state index contributed by atoms with van der Waals surface area (Å²) in [5, 5.41) is 0. The van der Waals surface area contributed by atoms with E-state index >= 15 is 0 Å². The van der Waals surface area contributed by atoms with Crippen molar-refractivity contribution >= 4 is 5.91 Å². The van der Waals surface area contributed by atoms with Gasteiger partial charge in [-0.3, -0.25) is 4.79 Å². The number of hydrogen-bond donors (Lipinski definition) is 0. The molecule has 6 heteroatoms. The average Bonchev–Trinajstić information content (AvgIpc) is 2.51. The highest BCUT2D eigenvalue weighted by molar-refractivity contribution is 5.89. The normalized spacial score (nSPS) is 21.4. The molecule has 1 aromatic carbocycles. The summed E-state index contributed by atoms with van der Waals surface area (Å²) in [5.41, 5.74) is -0.00435. The van der Waals surface area contributed by atoms with Crippen molar-refractivity contribution in [2.75, 3.05) is 13.7 Å².